The SMILES string of the molecule is CN(C)C/C=C/C(=O)N1CCC(CC(=O)O)CC1. The molecule has 0 saturated carbocycles. The van der Waals surface area contributed by atoms with E-state index >= 15 is 0 Å². The van der Waals surface area contributed by atoms with Crippen LogP contribution in [0, 0.1) is 5.92 Å². The van der Waals surface area contributed by atoms with Gasteiger partial charge in [0, 0.05) is 32.1 Å². The highest BCUT2D eigenvalue weighted by molar-refractivity contribution is 5.87. The Kier molecular flexibility index (Phi) is 5.85. The molecule has 1 fully saturated rings. The van der Waals surface area contributed by atoms with Gasteiger partial charge >= 0.3 is 5.97 Å². The van der Waals surface area contributed by atoms with Gasteiger partial charge in [-0.2, -0.15) is 0 Å². The zero-order chi connectivity index (χ0) is 13.5. The first kappa shape index (κ1) is 14.7. The third-order valence-corrected chi connectivity index (χ3v) is 3.12. The molecular weight excluding hydrogens is 232 g/mol. The second kappa shape index (κ2) is 7.16. The molecule has 1 amide bonds. The van der Waals surface area contributed by atoms with E-state index in [0.717, 1.165) is 19.4 Å². The molecule has 1 rings (SSSR count). The van der Waals surface area contributed by atoms with Crippen molar-refractivity contribution in [2.75, 3.05) is 33.7 Å². The molecule has 0 unspecified atom stereocenters. The van der Waals surface area contributed by atoms with Crippen LogP contribution in [0.5, 0.6) is 0 Å². The number of carbonyl (C=O) groups excluding carboxylic acids is 1. The number of hydrogen-bond donors (Lipinski definition) is 1. The topological polar surface area (TPSA) is 60.9 Å². The molecule has 5 nitrogen and oxygen atoms in total. The quantitative estimate of drug-likeness (QED) is 0.738. The van der Waals surface area contributed by atoms with Gasteiger partial charge in [0.05, 0.1) is 0 Å². The Morgan fingerprint density at radius 1 is 1.33 bits per heavy atom. The first-order chi connectivity index (χ1) is 8.49. The third-order valence-electron chi connectivity index (χ3n) is 3.12. The fraction of sp³-hybridized carbons (Fsp3) is 0.692. The number of carboxylic acids is 1. The fourth-order valence-electron chi connectivity index (χ4n) is 2.07. The summed E-state index contributed by atoms with van der Waals surface area (Å²) in [4.78, 5) is 26.2. The molecule has 1 aliphatic heterocycles. The summed E-state index contributed by atoms with van der Waals surface area (Å²) in [7, 11) is 3.90. The van der Waals surface area contributed by atoms with Crippen molar-refractivity contribution in [2.45, 2.75) is 19.3 Å². The van der Waals surface area contributed by atoms with Gasteiger partial charge < -0.3 is 14.9 Å². The van der Waals surface area contributed by atoms with Crippen LogP contribution >= 0.6 is 0 Å². The maximum absolute atomic E-state index is 11.8. The summed E-state index contributed by atoms with van der Waals surface area (Å²) < 4.78 is 0. The zero-order valence-corrected chi connectivity index (χ0v) is 11.1. The number of nitrogens with zero attached hydrogens (tertiary/aromatic N) is 2. The lowest BCUT2D eigenvalue weighted by Crippen LogP contribution is -2.38. The van der Waals surface area contributed by atoms with Gasteiger partial charge in [0.2, 0.25) is 5.91 Å². The van der Waals surface area contributed by atoms with Crippen molar-refractivity contribution in [3.63, 3.8) is 0 Å². The van der Waals surface area contributed by atoms with E-state index in [9.17, 15) is 9.59 Å². The van der Waals surface area contributed by atoms with Gasteiger partial charge in [0.15, 0.2) is 0 Å². The molecule has 5 heteroatoms. The number of piperidine rings is 1. The zero-order valence-electron chi connectivity index (χ0n) is 11.1. The van der Waals surface area contributed by atoms with Gasteiger partial charge in [-0.25, -0.2) is 0 Å². The first-order valence-corrected chi connectivity index (χ1v) is 6.31. The second-order valence-electron chi connectivity index (χ2n) is 5.03. The Balaban J connectivity index is 2.31. The van der Waals surface area contributed by atoms with Crippen LogP contribution in [0.4, 0.5) is 0 Å². The van der Waals surface area contributed by atoms with Crippen LogP contribution in [0.3, 0.4) is 0 Å². The summed E-state index contributed by atoms with van der Waals surface area (Å²) in [5.74, 6) is -0.492. The molecule has 1 aliphatic rings. The van der Waals surface area contributed by atoms with E-state index in [2.05, 4.69) is 0 Å². The maximum atomic E-state index is 11.8. The van der Waals surface area contributed by atoms with Crippen LogP contribution in [0.25, 0.3) is 0 Å². The minimum absolute atomic E-state index is 0.0330. The number of amides is 1. The average molecular weight is 254 g/mol. The summed E-state index contributed by atoms with van der Waals surface area (Å²) in [5.41, 5.74) is 0. The number of rotatable bonds is 5. The molecule has 0 aromatic heterocycles. The van der Waals surface area contributed by atoms with Crippen molar-refractivity contribution < 1.29 is 14.7 Å². The van der Waals surface area contributed by atoms with E-state index in [0.29, 0.717) is 13.1 Å². The van der Waals surface area contributed by atoms with E-state index in [1.54, 1.807) is 11.0 Å². The predicted octanol–water partition coefficient (Wildman–Crippen LogP) is 0.817. The van der Waals surface area contributed by atoms with Crippen LogP contribution in [0.2, 0.25) is 0 Å². The van der Waals surface area contributed by atoms with Gasteiger partial charge in [0.25, 0.3) is 0 Å². The molecule has 0 bridgehead atoms. The van der Waals surface area contributed by atoms with Gasteiger partial charge in [-0.15, -0.1) is 0 Å². The Morgan fingerprint density at radius 3 is 2.44 bits per heavy atom. The van der Waals surface area contributed by atoms with Crippen molar-refractivity contribution in [1.82, 2.24) is 9.80 Å². The molecule has 0 aromatic rings. The molecule has 0 aliphatic carbocycles. The predicted molar refractivity (Wildman–Crippen MR) is 69.3 cm³/mol. The van der Waals surface area contributed by atoms with Gasteiger partial charge in [-0.05, 0) is 32.9 Å². The second-order valence-corrected chi connectivity index (χ2v) is 5.03. The summed E-state index contributed by atoms with van der Waals surface area (Å²) in [6.07, 6.45) is 5.26. The summed E-state index contributed by atoms with van der Waals surface area (Å²) in [6.45, 7) is 2.09. The van der Waals surface area contributed by atoms with E-state index in [-0.39, 0.29) is 18.2 Å². The van der Waals surface area contributed by atoms with Crippen LogP contribution in [0.15, 0.2) is 12.2 Å². The Bertz CT molecular complexity index is 318. The van der Waals surface area contributed by atoms with Crippen LogP contribution in [-0.2, 0) is 9.59 Å². The molecule has 0 spiro atoms. The highest BCUT2D eigenvalue weighted by Gasteiger charge is 2.22. The Morgan fingerprint density at radius 2 is 1.94 bits per heavy atom. The first-order valence-electron chi connectivity index (χ1n) is 6.31. The molecule has 18 heavy (non-hydrogen) atoms. The van der Waals surface area contributed by atoms with Crippen molar-refractivity contribution in [3.8, 4) is 0 Å². The number of likely N-dealkylation sites (N-methyl/N-ethyl adjacent to an activating group) is 1. The van der Waals surface area contributed by atoms with Gasteiger partial charge in [0.1, 0.15) is 0 Å². The van der Waals surface area contributed by atoms with Crippen molar-refractivity contribution in [2.24, 2.45) is 5.92 Å². The smallest absolute Gasteiger partial charge is 0.303 e. The molecule has 0 atom stereocenters. The standard InChI is InChI=1S/C13H22N2O3/c1-14(2)7-3-4-12(16)15-8-5-11(6-9-15)10-13(17)18/h3-4,11H,5-10H2,1-2H3,(H,17,18)/b4-3+. The highest BCUT2D eigenvalue weighted by Crippen LogP contribution is 2.20. The van der Waals surface area contributed by atoms with Crippen molar-refractivity contribution in [1.29, 1.82) is 0 Å². The monoisotopic (exact) mass is 254 g/mol. The number of hydrogen-bond acceptors (Lipinski definition) is 3. The number of carbonyl (C=O) groups is 2. The maximum Gasteiger partial charge on any atom is 0.303 e. The number of aliphatic carboxylic acids is 1. The summed E-state index contributed by atoms with van der Waals surface area (Å²) >= 11 is 0. The van der Waals surface area contributed by atoms with E-state index in [1.165, 1.54) is 0 Å². The molecule has 0 radical (unpaired) electrons. The Labute approximate surface area is 108 Å². The van der Waals surface area contributed by atoms with Crippen molar-refractivity contribution >= 4 is 11.9 Å². The van der Waals surface area contributed by atoms with Crippen LogP contribution < -0.4 is 0 Å². The molecule has 1 saturated heterocycles. The lowest BCUT2D eigenvalue weighted by Gasteiger charge is -2.30. The van der Waals surface area contributed by atoms with Crippen molar-refractivity contribution in [3.05, 3.63) is 12.2 Å². The minimum Gasteiger partial charge on any atom is -0.481 e. The molecule has 1 N–H and O–H groups in total. The van der Waals surface area contributed by atoms with Gasteiger partial charge in [-0.3, -0.25) is 9.59 Å². The summed E-state index contributed by atoms with van der Waals surface area (Å²) in [5, 5.41) is 8.71. The largest absolute Gasteiger partial charge is 0.481 e. The average Bonchev–Trinajstić information content (AvgIpc) is 2.28. The summed E-state index contributed by atoms with van der Waals surface area (Å²) in [6, 6.07) is 0. The minimum atomic E-state index is -0.745. The van der Waals surface area contributed by atoms with Gasteiger partial charge in [-0.1, -0.05) is 6.08 Å². The molecule has 0 aromatic carbocycles. The highest BCUT2D eigenvalue weighted by atomic mass is 16.4. The van der Waals surface area contributed by atoms with E-state index < -0.39 is 5.97 Å². The number of likely N-dealkylation sites (tertiary alicyclic amines) is 1. The normalized spacial score (nSPS) is 17.6. The lowest BCUT2D eigenvalue weighted by atomic mass is 9.93. The molecular formula is C13H22N2O3. The number of carboxylic acid groups (broad SMARTS) is 1. The third kappa shape index (κ3) is 5.31. The Hall–Kier alpha value is -1.36. The lowest BCUT2D eigenvalue weighted by molar-refractivity contribution is -0.138. The van der Waals surface area contributed by atoms with E-state index in [4.69, 9.17) is 5.11 Å². The fourth-order valence-corrected chi connectivity index (χ4v) is 2.07. The molecule has 102 valence electrons. The molecule has 1 heterocycles. The van der Waals surface area contributed by atoms with E-state index in [1.807, 2.05) is 25.1 Å². The van der Waals surface area contributed by atoms with Crippen LogP contribution in [-0.4, -0.2) is 60.5 Å². The van der Waals surface area contributed by atoms with Crippen LogP contribution in [0.1, 0.15) is 19.3 Å².